The number of benzene rings is 2. The minimum atomic E-state index is -4.67. The first-order chi connectivity index (χ1) is 19.5. The lowest BCUT2D eigenvalue weighted by Gasteiger charge is -2.34. The van der Waals surface area contributed by atoms with Gasteiger partial charge in [0.1, 0.15) is 17.2 Å². The number of aromatic amines is 1. The van der Waals surface area contributed by atoms with Gasteiger partial charge in [0, 0.05) is 49.8 Å². The zero-order valence-electron chi connectivity index (χ0n) is 21.9. The zero-order chi connectivity index (χ0) is 29.6. The number of anilines is 4. The molecule has 1 aliphatic heterocycles. The Labute approximate surface area is 235 Å². The van der Waals surface area contributed by atoms with Crippen molar-refractivity contribution in [3.8, 4) is 11.6 Å². The third-order valence-corrected chi connectivity index (χ3v) is 5.93. The number of nitrogens with one attached hydrogen (secondary N) is 3. The molecular formula is C26H28FN7O6S. The van der Waals surface area contributed by atoms with E-state index in [9.17, 15) is 9.18 Å². The highest BCUT2D eigenvalue weighted by Gasteiger charge is 2.18. The van der Waals surface area contributed by atoms with Gasteiger partial charge in [-0.15, -0.1) is 0 Å². The SMILES string of the molecule is C=CC(=O)Nc1cccc(Oc2nc(Nc3ccc(N4CCN(C)CC4)c(F)c3)nc3[nH]ccc23)c1.O=S(=O)(O)O. The Hall–Kier alpha value is -4.57. The molecule has 1 fully saturated rings. The van der Waals surface area contributed by atoms with Crippen LogP contribution in [0.1, 0.15) is 0 Å². The van der Waals surface area contributed by atoms with E-state index in [4.69, 9.17) is 22.3 Å². The van der Waals surface area contributed by atoms with Gasteiger partial charge in [0.05, 0.1) is 11.1 Å². The molecule has 4 aromatic rings. The number of piperazine rings is 1. The molecule has 0 bridgehead atoms. The summed E-state index contributed by atoms with van der Waals surface area (Å²) in [5, 5.41) is 6.46. The number of halogens is 1. The van der Waals surface area contributed by atoms with Gasteiger partial charge in [-0.1, -0.05) is 12.6 Å². The van der Waals surface area contributed by atoms with Crippen molar-refractivity contribution in [2.45, 2.75) is 0 Å². The van der Waals surface area contributed by atoms with Crippen molar-refractivity contribution in [3.05, 3.63) is 73.2 Å². The summed E-state index contributed by atoms with van der Waals surface area (Å²) in [6.07, 6.45) is 2.93. The Kier molecular flexibility index (Phi) is 9.14. The summed E-state index contributed by atoms with van der Waals surface area (Å²) in [4.78, 5) is 28.0. The van der Waals surface area contributed by atoms with Crippen molar-refractivity contribution in [1.82, 2.24) is 19.9 Å². The molecule has 41 heavy (non-hydrogen) atoms. The molecule has 0 unspecified atom stereocenters. The second kappa shape index (κ2) is 12.7. The van der Waals surface area contributed by atoms with Crippen LogP contribution in [0.4, 0.5) is 27.4 Å². The lowest BCUT2D eigenvalue weighted by atomic mass is 10.2. The van der Waals surface area contributed by atoms with Gasteiger partial charge in [0.2, 0.25) is 17.7 Å². The van der Waals surface area contributed by atoms with Gasteiger partial charge < -0.3 is 30.2 Å². The fraction of sp³-hybridized carbons (Fsp3) is 0.192. The third-order valence-electron chi connectivity index (χ3n) is 5.93. The molecule has 2 aromatic heterocycles. The molecule has 1 saturated heterocycles. The van der Waals surface area contributed by atoms with Crippen LogP contribution in [0, 0.1) is 5.82 Å². The van der Waals surface area contributed by atoms with Gasteiger partial charge >= 0.3 is 10.4 Å². The molecule has 13 nitrogen and oxygen atoms in total. The molecular weight excluding hydrogens is 557 g/mol. The molecule has 15 heteroatoms. The van der Waals surface area contributed by atoms with Crippen LogP contribution < -0.4 is 20.3 Å². The molecule has 0 saturated carbocycles. The summed E-state index contributed by atoms with van der Waals surface area (Å²) in [6.45, 7) is 6.82. The minimum absolute atomic E-state index is 0.253. The van der Waals surface area contributed by atoms with E-state index in [1.54, 1.807) is 36.5 Å². The lowest BCUT2D eigenvalue weighted by Crippen LogP contribution is -2.44. The predicted octanol–water partition coefficient (Wildman–Crippen LogP) is 3.86. The summed E-state index contributed by atoms with van der Waals surface area (Å²) in [7, 11) is -2.60. The van der Waals surface area contributed by atoms with Crippen LogP contribution in [-0.4, -0.2) is 76.5 Å². The van der Waals surface area contributed by atoms with Crippen LogP contribution >= 0.6 is 0 Å². The number of hydrogen-bond donors (Lipinski definition) is 5. The molecule has 5 N–H and O–H groups in total. The maximum Gasteiger partial charge on any atom is 0.394 e. The number of fused-ring (bicyclic) bond motifs is 1. The maximum atomic E-state index is 15.0. The lowest BCUT2D eigenvalue weighted by molar-refractivity contribution is -0.111. The standard InChI is InChI=1S/C26H26FN7O2.H2O4S/c1-3-23(35)29-17-5-4-6-19(15-17)36-25-20-9-10-28-24(20)31-26(32-25)30-18-7-8-22(21(27)16-18)34-13-11-33(2)12-14-34;1-5(2,3)4/h3-10,15-16H,1,11-14H2,2H3,(H,29,35)(H2,28,30,31,32);(H2,1,2,3,4). The number of hydrogen-bond acceptors (Lipinski definition) is 9. The summed E-state index contributed by atoms with van der Waals surface area (Å²) in [5.41, 5.74) is 2.23. The monoisotopic (exact) mass is 585 g/mol. The van der Waals surface area contributed by atoms with Gasteiger partial charge in [-0.2, -0.15) is 18.4 Å². The molecule has 0 atom stereocenters. The average Bonchev–Trinajstić information content (AvgIpc) is 3.38. The fourth-order valence-electron chi connectivity index (χ4n) is 4.01. The number of carbonyl (C=O) groups is 1. The molecule has 5 rings (SSSR count). The van der Waals surface area contributed by atoms with Gasteiger partial charge in [0.15, 0.2) is 0 Å². The second-order valence-electron chi connectivity index (χ2n) is 8.94. The highest BCUT2D eigenvalue weighted by atomic mass is 32.3. The second-order valence-corrected chi connectivity index (χ2v) is 9.84. The number of rotatable bonds is 7. The van der Waals surface area contributed by atoms with Gasteiger partial charge in [-0.3, -0.25) is 13.9 Å². The molecule has 0 aliphatic carbocycles. The summed E-state index contributed by atoms with van der Waals surface area (Å²) in [5.74, 6) is 0.416. The molecule has 1 amide bonds. The molecule has 1 aliphatic rings. The van der Waals surface area contributed by atoms with Crippen LogP contribution in [0.3, 0.4) is 0 Å². The smallest absolute Gasteiger partial charge is 0.394 e. The van der Waals surface area contributed by atoms with Gasteiger partial charge in [-0.25, -0.2) is 4.39 Å². The summed E-state index contributed by atoms with van der Waals surface area (Å²) >= 11 is 0. The van der Waals surface area contributed by atoms with Crippen molar-refractivity contribution < 1.29 is 31.4 Å². The minimum Gasteiger partial charge on any atom is -0.438 e. The van der Waals surface area contributed by atoms with E-state index < -0.39 is 10.4 Å². The number of likely N-dealkylation sites (N-methyl/N-ethyl adjacent to an activating group) is 1. The molecule has 0 radical (unpaired) electrons. The first kappa shape index (κ1) is 29.4. The number of amides is 1. The van der Waals surface area contributed by atoms with Crippen LogP contribution in [0.25, 0.3) is 11.0 Å². The van der Waals surface area contributed by atoms with E-state index in [-0.39, 0.29) is 17.7 Å². The number of carbonyl (C=O) groups excluding carboxylic acids is 1. The van der Waals surface area contributed by atoms with Gasteiger partial charge in [0.25, 0.3) is 0 Å². The topological polar surface area (TPSA) is 173 Å². The number of ether oxygens (including phenoxy) is 1. The van der Waals surface area contributed by atoms with Crippen molar-refractivity contribution in [3.63, 3.8) is 0 Å². The molecule has 3 heterocycles. The fourth-order valence-corrected chi connectivity index (χ4v) is 4.01. The van der Waals surface area contributed by atoms with E-state index in [1.807, 2.05) is 12.1 Å². The Morgan fingerprint density at radius 1 is 1.10 bits per heavy atom. The number of nitrogens with zero attached hydrogens (tertiary/aromatic N) is 4. The van der Waals surface area contributed by atoms with Crippen molar-refractivity contribution in [2.75, 3.05) is 48.8 Å². The zero-order valence-corrected chi connectivity index (χ0v) is 22.7. The normalized spacial score (nSPS) is 13.7. The van der Waals surface area contributed by atoms with E-state index >= 15 is 0 Å². The summed E-state index contributed by atoms with van der Waals surface area (Å²) < 4.78 is 52.6. The number of aromatic nitrogens is 3. The first-order valence-electron chi connectivity index (χ1n) is 12.2. The third kappa shape index (κ3) is 8.46. The Balaban J connectivity index is 0.000000714. The molecule has 2 aromatic carbocycles. The molecule has 0 spiro atoms. The van der Waals surface area contributed by atoms with Crippen molar-refractivity contribution in [1.29, 1.82) is 0 Å². The maximum absolute atomic E-state index is 15.0. The highest BCUT2D eigenvalue weighted by Crippen LogP contribution is 2.31. The molecule has 216 valence electrons. The Morgan fingerprint density at radius 3 is 2.51 bits per heavy atom. The van der Waals surface area contributed by atoms with Crippen molar-refractivity contribution in [2.24, 2.45) is 0 Å². The predicted molar refractivity (Wildman–Crippen MR) is 153 cm³/mol. The quantitative estimate of drug-likeness (QED) is 0.157. The van der Waals surface area contributed by atoms with E-state index in [0.29, 0.717) is 39.7 Å². The Morgan fingerprint density at radius 2 is 1.83 bits per heavy atom. The van der Waals surface area contributed by atoms with E-state index in [2.05, 4.69) is 49.0 Å². The van der Waals surface area contributed by atoms with E-state index in [1.165, 1.54) is 12.1 Å². The van der Waals surface area contributed by atoms with Crippen LogP contribution in [0.15, 0.2) is 67.4 Å². The van der Waals surface area contributed by atoms with Crippen molar-refractivity contribution >= 4 is 50.4 Å². The number of H-pyrrole nitrogens is 1. The first-order valence-corrected chi connectivity index (χ1v) is 13.6. The van der Waals surface area contributed by atoms with E-state index in [0.717, 1.165) is 26.2 Å². The van der Waals surface area contributed by atoms with Crippen LogP contribution in [0.2, 0.25) is 0 Å². The Bertz CT molecular complexity index is 1650. The van der Waals surface area contributed by atoms with Crippen LogP contribution in [-0.2, 0) is 15.2 Å². The van der Waals surface area contributed by atoms with Crippen LogP contribution in [0.5, 0.6) is 11.6 Å². The highest BCUT2D eigenvalue weighted by molar-refractivity contribution is 7.79. The largest absolute Gasteiger partial charge is 0.438 e. The average molecular weight is 586 g/mol. The summed E-state index contributed by atoms with van der Waals surface area (Å²) in [6, 6.07) is 13.8. The van der Waals surface area contributed by atoms with Gasteiger partial charge in [-0.05, 0) is 49.5 Å².